The summed E-state index contributed by atoms with van der Waals surface area (Å²) in [7, 11) is 0. The minimum absolute atomic E-state index is 0.107. The van der Waals surface area contributed by atoms with Crippen molar-refractivity contribution in [3.8, 4) is 0 Å². The van der Waals surface area contributed by atoms with Gasteiger partial charge < -0.3 is 16.3 Å². The van der Waals surface area contributed by atoms with Crippen LogP contribution in [0.5, 0.6) is 0 Å². The zero-order valence-corrected chi connectivity index (χ0v) is 11.0. The van der Waals surface area contributed by atoms with E-state index in [1.807, 2.05) is 13.0 Å². The third kappa shape index (κ3) is 3.92. The lowest BCUT2D eigenvalue weighted by molar-refractivity contribution is -0.385. The van der Waals surface area contributed by atoms with Gasteiger partial charge in [-0.25, -0.2) is 0 Å². The number of amidine groups is 1. The molecule has 0 aromatic heterocycles. The smallest absolute Gasteiger partial charge is 0.272 e. The van der Waals surface area contributed by atoms with Gasteiger partial charge in [0.05, 0.1) is 4.92 Å². The number of hydrogen-bond acceptors (Lipinski definition) is 5. The van der Waals surface area contributed by atoms with Crippen molar-refractivity contribution in [1.29, 1.82) is 0 Å². The zero-order valence-electron chi connectivity index (χ0n) is 11.0. The summed E-state index contributed by atoms with van der Waals surface area (Å²) < 4.78 is 0. The maximum Gasteiger partial charge on any atom is 0.272 e. The maximum atomic E-state index is 10.8. The first-order valence-corrected chi connectivity index (χ1v) is 5.88. The molecule has 0 spiro atoms. The average Bonchev–Trinajstić information content (AvgIpc) is 2.39. The van der Waals surface area contributed by atoms with E-state index in [-0.39, 0.29) is 17.4 Å². The molecule has 0 saturated heterocycles. The second kappa shape index (κ2) is 6.69. The standard InChI is InChI=1S/C12H18N4O3/c1-8(12(13)15-17)6-14-7-10-4-3-5-11(9(10)2)16(18)19/h3-5,8,14,17H,6-7H2,1-2H3,(H2,13,15). The Kier molecular flexibility index (Phi) is 5.25. The van der Waals surface area contributed by atoms with Gasteiger partial charge in [-0.1, -0.05) is 24.2 Å². The summed E-state index contributed by atoms with van der Waals surface area (Å²) in [6.45, 7) is 4.57. The van der Waals surface area contributed by atoms with Gasteiger partial charge in [0.2, 0.25) is 0 Å². The molecule has 1 unspecified atom stereocenters. The molecule has 0 heterocycles. The molecule has 0 radical (unpaired) electrons. The van der Waals surface area contributed by atoms with E-state index in [0.29, 0.717) is 18.7 Å². The lowest BCUT2D eigenvalue weighted by Gasteiger charge is -2.12. The summed E-state index contributed by atoms with van der Waals surface area (Å²) in [5, 5.41) is 25.4. The Hall–Kier alpha value is -2.15. The van der Waals surface area contributed by atoms with Crippen LogP contribution >= 0.6 is 0 Å². The molecule has 4 N–H and O–H groups in total. The lowest BCUT2D eigenvalue weighted by Crippen LogP contribution is -2.31. The minimum Gasteiger partial charge on any atom is -0.409 e. The van der Waals surface area contributed by atoms with Crippen molar-refractivity contribution in [3.63, 3.8) is 0 Å². The topological polar surface area (TPSA) is 114 Å². The van der Waals surface area contributed by atoms with E-state index in [4.69, 9.17) is 10.9 Å². The van der Waals surface area contributed by atoms with Crippen molar-refractivity contribution in [2.75, 3.05) is 6.54 Å². The van der Waals surface area contributed by atoms with E-state index in [0.717, 1.165) is 5.56 Å². The molecule has 0 aliphatic carbocycles. The highest BCUT2D eigenvalue weighted by Crippen LogP contribution is 2.20. The second-order valence-electron chi connectivity index (χ2n) is 4.38. The Labute approximate surface area is 111 Å². The number of nitrogens with two attached hydrogens (primary N) is 1. The third-order valence-corrected chi connectivity index (χ3v) is 3.00. The summed E-state index contributed by atoms with van der Waals surface area (Å²) in [6, 6.07) is 4.98. The predicted molar refractivity (Wildman–Crippen MR) is 72.1 cm³/mol. The normalized spacial score (nSPS) is 13.3. The summed E-state index contributed by atoms with van der Waals surface area (Å²) >= 11 is 0. The van der Waals surface area contributed by atoms with Crippen LogP contribution < -0.4 is 11.1 Å². The van der Waals surface area contributed by atoms with Crippen LogP contribution in [0.25, 0.3) is 0 Å². The Bertz CT molecular complexity index is 488. The van der Waals surface area contributed by atoms with Gasteiger partial charge in [-0.05, 0) is 12.5 Å². The molecule has 0 aliphatic heterocycles. The van der Waals surface area contributed by atoms with Crippen LogP contribution in [-0.4, -0.2) is 22.5 Å². The van der Waals surface area contributed by atoms with Crippen LogP contribution in [0.2, 0.25) is 0 Å². The number of oxime groups is 1. The summed E-state index contributed by atoms with van der Waals surface area (Å²) in [6.07, 6.45) is 0. The highest BCUT2D eigenvalue weighted by Gasteiger charge is 2.13. The predicted octanol–water partition coefficient (Wildman–Crippen LogP) is 1.38. The highest BCUT2D eigenvalue weighted by atomic mass is 16.6. The molecule has 1 aromatic carbocycles. The van der Waals surface area contributed by atoms with Gasteiger partial charge in [0.15, 0.2) is 0 Å². The first-order valence-electron chi connectivity index (χ1n) is 5.88. The van der Waals surface area contributed by atoms with Gasteiger partial charge in [-0.3, -0.25) is 10.1 Å². The molecule has 0 saturated carbocycles. The van der Waals surface area contributed by atoms with Crippen LogP contribution in [0.15, 0.2) is 23.4 Å². The molecular formula is C12H18N4O3. The van der Waals surface area contributed by atoms with Crippen molar-refractivity contribution in [3.05, 3.63) is 39.4 Å². The number of hydrogen-bond donors (Lipinski definition) is 3. The third-order valence-electron chi connectivity index (χ3n) is 3.00. The van der Waals surface area contributed by atoms with Crippen LogP contribution in [0.3, 0.4) is 0 Å². The van der Waals surface area contributed by atoms with Gasteiger partial charge in [0.25, 0.3) is 5.69 Å². The van der Waals surface area contributed by atoms with Crippen LogP contribution in [0.4, 0.5) is 5.69 Å². The largest absolute Gasteiger partial charge is 0.409 e. The van der Waals surface area contributed by atoms with Crippen LogP contribution in [0.1, 0.15) is 18.1 Å². The van der Waals surface area contributed by atoms with Gasteiger partial charge in [0, 0.05) is 30.6 Å². The average molecular weight is 266 g/mol. The maximum absolute atomic E-state index is 10.8. The molecule has 19 heavy (non-hydrogen) atoms. The number of rotatable bonds is 6. The Morgan fingerprint density at radius 2 is 2.32 bits per heavy atom. The van der Waals surface area contributed by atoms with Gasteiger partial charge >= 0.3 is 0 Å². The quantitative estimate of drug-likeness (QED) is 0.236. The van der Waals surface area contributed by atoms with Crippen molar-refractivity contribution in [2.24, 2.45) is 16.8 Å². The van der Waals surface area contributed by atoms with E-state index >= 15 is 0 Å². The zero-order chi connectivity index (χ0) is 14.4. The Morgan fingerprint density at radius 3 is 2.89 bits per heavy atom. The second-order valence-corrected chi connectivity index (χ2v) is 4.38. The molecule has 104 valence electrons. The molecule has 0 amide bonds. The van der Waals surface area contributed by atoms with Gasteiger partial charge in [-0.15, -0.1) is 0 Å². The molecule has 1 aromatic rings. The Balaban J connectivity index is 2.64. The fraction of sp³-hybridized carbons (Fsp3) is 0.417. The minimum atomic E-state index is -0.391. The molecule has 1 atom stereocenters. The summed E-state index contributed by atoms with van der Waals surface area (Å²) in [5.41, 5.74) is 7.09. The van der Waals surface area contributed by atoms with E-state index in [1.54, 1.807) is 13.0 Å². The number of nitrogens with zero attached hydrogens (tertiary/aromatic N) is 2. The molecular weight excluding hydrogens is 248 g/mol. The van der Waals surface area contributed by atoms with Crippen molar-refractivity contribution < 1.29 is 10.1 Å². The number of nitro benzene ring substituents is 1. The number of nitro groups is 1. The highest BCUT2D eigenvalue weighted by molar-refractivity contribution is 5.82. The summed E-state index contributed by atoms with van der Waals surface area (Å²) in [4.78, 5) is 10.4. The van der Waals surface area contributed by atoms with Crippen LogP contribution in [-0.2, 0) is 6.54 Å². The van der Waals surface area contributed by atoms with Crippen molar-refractivity contribution in [2.45, 2.75) is 20.4 Å². The molecule has 7 nitrogen and oxygen atoms in total. The SMILES string of the molecule is Cc1c(CNCC(C)/C(N)=N/O)cccc1[N+](=O)[O-]. The van der Waals surface area contributed by atoms with Gasteiger partial charge in [0.1, 0.15) is 5.84 Å². The van der Waals surface area contributed by atoms with Crippen molar-refractivity contribution in [1.82, 2.24) is 5.32 Å². The molecule has 7 heteroatoms. The fourth-order valence-electron chi connectivity index (χ4n) is 1.69. The number of nitrogens with one attached hydrogen (secondary N) is 1. The molecule has 1 rings (SSSR count). The lowest BCUT2D eigenvalue weighted by atomic mass is 10.1. The fourth-order valence-corrected chi connectivity index (χ4v) is 1.69. The monoisotopic (exact) mass is 266 g/mol. The number of benzene rings is 1. The molecule has 0 aliphatic rings. The van der Waals surface area contributed by atoms with E-state index < -0.39 is 4.92 Å². The van der Waals surface area contributed by atoms with E-state index in [1.165, 1.54) is 6.07 Å². The Morgan fingerprint density at radius 1 is 1.63 bits per heavy atom. The first kappa shape index (κ1) is 14.9. The van der Waals surface area contributed by atoms with Gasteiger partial charge in [-0.2, -0.15) is 0 Å². The van der Waals surface area contributed by atoms with Crippen LogP contribution in [0, 0.1) is 23.0 Å². The van der Waals surface area contributed by atoms with E-state index in [9.17, 15) is 10.1 Å². The molecule has 0 bridgehead atoms. The summed E-state index contributed by atoms with van der Waals surface area (Å²) in [5.74, 6) is 0.0484. The van der Waals surface area contributed by atoms with E-state index in [2.05, 4.69) is 10.5 Å². The van der Waals surface area contributed by atoms with Crippen molar-refractivity contribution >= 4 is 11.5 Å². The molecule has 0 fully saturated rings. The first-order chi connectivity index (χ1) is 8.97.